The number of aliphatic hydroxyl groups excluding tert-OH is 1. The summed E-state index contributed by atoms with van der Waals surface area (Å²) in [5.41, 5.74) is 6.24. The second kappa shape index (κ2) is 3.81. The van der Waals surface area contributed by atoms with E-state index >= 15 is 0 Å². The van der Waals surface area contributed by atoms with Gasteiger partial charge in [-0.05, 0) is 6.07 Å². The number of aromatic nitrogens is 1. The number of hydrogen-bond donors (Lipinski definition) is 3. The van der Waals surface area contributed by atoms with E-state index in [1.165, 1.54) is 0 Å². The molecule has 1 aliphatic heterocycles. The standard InChI is InChI=1S/C9H13N3O2/c10-6-1-2-11-9(3-6)12-7-4-14-5-8(7)13/h1-3,7-8,13H,4-5H2,(H3,10,11,12). The van der Waals surface area contributed by atoms with Crippen LogP contribution in [0.15, 0.2) is 18.3 Å². The molecule has 0 aliphatic carbocycles. The van der Waals surface area contributed by atoms with E-state index in [-0.39, 0.29) is 6.04 Å². The lowest BCUT2D eigenvalue weighted by molar-refractivity contribution is 0.125. The molecule has 14 heavy (non-hydrogen) atoms. The zero-order valence-corrected chi connectivity index (χ0v) is 7.68. The Morgan fingerprint density at radius 2 is 2.43 bits per heavy atom. The summed E-state index contributed by atoms with van der Waals surface area (Å²) in [7, 11) is 0. The molecule has 0 amide bonds. The predicted octanol–water partition coefficient (Wildman–Crippen LogP) is -0.165. The Morgan fingerprint density at radius 1 is 1.57 bits per heavy atom. The minimum atomic E-state index is -0.474. The summed E-state index contributed by atoms with van der Waals surface area (Å²) in [6.07, 6.45) is 1.15. The first-order chi connectivity index (χ1) is 6.75. The molecule has 0 saturated carbocycles. The summed E-state index contributed by atoms with van der Waals surface area (Å²) in [6, 6.07) is 3.35. The zero-order chi connectivity index (χ0) is 9.97. The number of nitrogens with two attached hydrogens (primary N) is 1. The molecule has 76 valence electrons. The molecule has 1 aliphatic rings. The number of nitrogens with zero attached hydrogens (tertiary/aromatic N) is 1. The number of hydrogen-bond acceptors (Lipinski definition) is 5. The third-order valence-corrected chi connectivity index (χ3v) is 2.17. The van der Waals surface area contributed by atoms with Crippen LogP contribution in [0, 0.1) is 0 Å². The van der Waals surface area contributed by atoms with Gasteiger partial charge in [0.1, 0.15) is 5.82 Å². The van der Waals surface area contributed by atoms with Gasteiger partial charge in [0.25, 0.3) is 0 Å². The Kier molecular flexibility index (Phi) is 2.51. The van der Waals surface area contributed by atoms with Crippen LogP contribution >= 0.6 is 0 Å². The molecule has 0 radical (unpaired) electrons. The van der Waals surface area contributed by atoms with Crippen LogP contribution in [0.25, 0.3) is 0 Å². The van der Waals surface area contributed by atoms with Gasteiger partial charge >= 0.3 is 0 Å². The largest absolute Gasteiger partial charge is 0.399 e. The van der Waals surface area contributed by atoms with Gasteiger partial charge in [-0.3, -0.25) is 0 Å². The number of anilines is 2. The molecule has 1 fully saturated rings. The highest BCUT2D eigenvalue weighted by Gasteiger charge is 2.26. The lowest BCUT2D eigenvalue weighted by atomic mass is 10.2. The number of nitrogens with one attached hydrogen (secondary N) is 1. The molecular weight excluding hydrogens is 182 g/mol. The smallest absolute Gasteiger partial charge is 0.128 e. The molecule has 2 atom stereocenters. The second-order valence-electron chi connectivity index (χ2n) is 3.33. The van der Waals surface area contributed by atoms with Gasteiger partial charge in [-0.25, -0.2) is 4.98 Å². The topological polar surface area (TPSA) is 80.4 Å². The molecule has 0 spiro atoms. The Bertz CT molecular complexity index is 319. The van der Waals surface area contributed by atoms with E-state index in [2.05, 4.69) is 10.3 Å². The molecule has 1 aromatic rings. The Balaban J connectivity index is 2.03. The molecule has 5 heteroatoms. The Labute approximate surface area is 81.9 Å². The van der Waals surface area contributed by atoms with Crippen molar-refractivity contribution in [3.63, 3.8) is 0 Å². The lowest BCUT2D eigenvalue weighted by Crippen LogP contribution is -2.32. The molecule has 2 unspecified atom stereocenters. The molecule has 4 N–H and O–H groups in total. The monoisotopic (exact) mass is 195 g/mol. The fourth-order valence-electron chi connectivity index (χ4n) is 1.40. The lowest BCUT2D eigenvalue weighted by Gasteiger charge is -2.14. The minimum Gasteiger partial charge on any atom is -0.399 e. The van der Waals surface area contributed by atoms with Crippen molar-refractivity contribution in [2.24, 2.45) is 0 Å². The third-order valence-electron chi connectivity index (χ3n) is 2.17. The second-order valence-corrected chi connectivity index (χ2v) is 3.33. The molecule has 1 saturated heterocycles. The molecule has 0 bridgehead atoms. The van der Waals surface area contributed by atoms with Crippen molar-refractivity contribution in [1.82, 2.24) is 4.98 Å². The minimum absolute atomic E-state index is 0.0932. The maximum atomic E-state index is 9.47. The summed E-state index contributed by atoms with van der Waals surface area (Å²) in [5.74, 6) is 0.666. The molecular formula is C9H13N3O2. The van der Waals surface area contributed by atoms with Gasteiger partial charge in [0.15, 0.2) is 0 Å². The maximum absolute atomic E-state index is 9.47. The van der Waals surface area contributed by atoms with Crippen LogP contribution < -0.4 is 11.1 Å². The summed E-state index contributed by atoms with van der Waals surface area (Å²) < 4.78 is 5.10. The van der Waals surface area contributed by atoms with E-state index in [1.807, 2.05) is 0 Å². The van der Waals surface area contributed by atoms with Gasteiger partial charge < -0.3 is 20.9 Å². The molecule has 0 aromatic carbocycles. The zero-order valence-electron chi connectivity index (χ0n) is 7.68. The van der Waals surface area contributed by atoms with Gasteiger partial charge in [-0.15, -0.1) is 0 Å². The van der Waals surface area contributed by atoms with E-state index < -0.39 is 6.10 Å². The first-order valence-corrected chi connectivity index (χ1v) is 4.49. The van der Waals surface area contributed by atoms with Crippen molar-refractivity contribution in [3.05, 3.63) is 18.3 Å². The van der Waals surface area contributed by atoms with E-state index in [0.29, 0.717) is 24.7 Å². The normalized spacial score (nSPS) is 26.4. The SMILES string of the molecule is Nc1ccnc(NC2COCC2O)c1. The van der Waals surface area contributed by atoms with Crippen LogP contribution in [-0.4, -0.2) is 35.5 Å². The number of nitrogen functional groups attached to an aromatic ring is 1. The van der Waals surface area contributed by atoms with Crippen molar-refractivity contribution >= 4 is 11.5 Å². The van der Waals surface area contributed by atoms with Crippen molar-refractivity contribution in [2.45, 2.75) is 12.1 Å². The molecule has 2 rings (SSSR count). The fraction of sp³-hybridized carbons (Fsp3) is 0.444. The quantitative estimate of drug-likeness (QED) is 0.610. The summed E-state index contributed by atoms with van der Waals surface area (Å²) in [4.78, 5) is 4.08. The van der Waals surface area contributed by atoms with E-state index in [4.69, 9.17) is 10.5 Å². The van der Waals surface area contributed by atoms with Crippen LogP contribution in [-0.2, 0) is 4.74 Å². The van der Waals surface area contributed by atoms with Crippen LogP contribution in [0.1, 0.15) is 0 Å². The highest BCUT2D eigenvalue weighted by atomic mass is 16.5. The van der Waals surface area contributed by atoms with E-state index in [9.17, 15) is 5.11 Å². The number of aliphatic hydroxyl groups is 1. The van der Waals surface area contributed by atoms with Crippen molar-refractivity contribution in [3.8, 4) is 0 Å². The summed E-state index contributed by atoms with van der Waals surface area (Å²) in [6.45, 7) is 0.873. The van der Waals surface area contributed by atoms with Crippen molar-refractivity contribution in [2.75, 3.05) is 24.3 Å². The van der Waals surface area contributed by atoms with Gasteiger partial charge in [0.05, 0.1) is 25.4 Å². The van der Waals surface area contributed by atoms with E-state index in [0.717, 1.165) is 0 Å². The third kappa shape index (κ3) is 1.94. The van der Waals surface area contributed by atoms with Crippen molar-refractivity contribution in [1.29, 1.82) is 0 Å². The van der Waals surface area contributed by atoms with Gasteiger partial charge in [-0.2, -0.15) is 0 Å². The van der Waals surface area contributed by atoms with Gasteiger partial charge in [-0.1, -0.05) is 0 Å². The average molecular weight is 195 g/mol. The maximum Gasteiger partial charge on any atom is 0.128 e. The molecule has 2 heterocycles. The summed E-state index contributed by atoms with van der Waals surface area (Å²) >= 11 is 0. The Morgan fingerprint density at radius 3 is 3.07 bits per heavy atom. The fourth-order valence-corrected chi connectivity index (χ4v) is 1.40. The average Bonchev–Trinajstić information content (AvgIpc) is 2.52. The number of ether oxygens (including phenoxy) is 1. The van der Waals surface area contributed by atoms with Gasteiger partial charge in [0.2, 0.25) is 0 Å². The van der Waals surface area contributed by atoms with Crippen LogP contribution in [0.5, 0.6) is 0 Å². The van der Waals surface area contributed by atoms with Crippen LogP contribution in [0.3, 0.4) is 0 Å². The summed E-state index contributed by atoms with van der Waals surface area (Å²) in [5, 5.41) is 12.5. The van der Waals surface area contributed by atoms with Crippen LogP contribution in [0.2, 0.25) is 0 Å². The number of pyridine rings is 1. The molecule has 1 aromatic heterocycles. The number of rotatable bonds is 2. The highest BCUT2D eigenvalue weighted by molar-refractivity contribution is 5.49. The van der Waals surface area contributed by atoms with Crippen LogP contribution in [0.4, 0.5) is 11.5 Å². The predicted molar refractivity (Wildman–Crippen MR) is 52.9 cm³/mol. The first-order valence-electron chi connectivity index (χ1n) is 4.49. The van der Waals surface area contributed by atoms with Crippen molar-refractivity contribution < 1.29 is 9.84 Å². The Hall–Kier alpha value is -1.33. The highest BCUT2D eigenvalue weighted by Crippen LogP contribution is 2.13. The first kappa shape index (κ1) is 9.23. The van der Waals surface area contributed by atoms with Gasteiger partial charge in [0, 0.05) is 18.0 Å². The molecule has 5 nitrogen and oxygen atoms in total. The van der Waals surface area contributed by atoms with E-state index in [1.54, 1.807) is 18.3 Å².